The Kier molecular flexibility index (Phi) is 6.19. The third kappa shape index (κ3) is 4.19. The van der Waals surface area contributed by atoms with Gasteiger partial charge in [0.25, 0.3) is 0 Å². The summed E-state index contributed by atoms with van der Waals surface area (Å²) in [6.07, 6.45) is 3.38. The van der Waals surface area contributed by atoms with Crippen molar-refractivity contribution in [1.29, 1.82) is 0 Å². The van der Waals surface area contributed by atoms with Gasteiger partial charge >= 0.3 is 5.97 Å². The molecule has 146 valence electrons. The minimum atomic E-state index is -0.413. The van der Waals surface area contributed by atoms with Crippen molar-refractivity contribution in [3.05, 3.63) is 46.7 Å². The first-order valence-corrected chi connectivity index (χ1v) is 11.8. The van der Waals surface area contributed by atoms with E-state index < -0.39 is 5.97 Å². The summed E-state index contributed by atoms with van der Waals surface area (Å²) < 4.78 is 6.06. The van der Waals surface area contributed by atoms with Gasteiger partial charge in [-0.25, -0.2) is 4.79 Å². The number of carbonyl (C=O) groups excluding carboxylic acids is 1. The summed E-state index contributed by atoms with van der Waals surface area (Å²) in [6.45, 7) is 2.11. The fourth-order valence-corrected chi connectivity index (χ4v) is 5.91. The first-order valence-electron chi connectivity index (χ1n) is 9.45. The fraction of sp³-hybridized carbons (Fsp3) is 0.381. The van der Waals surface area contributed by atoms with Crippen LogP contribution in [0.3, 0.4) is 0 Å². The molecule has 0 bridgehead atoms. The Balaban J connectivity index is 1.78. The van der Waals surface area contributed by atoms with Crippen LogP contribution in [-0.2, 0) is 11.2 Å². The lowest BCUT2D eigenvalue weighted by Gasteiger charge is -2.20. The highest BCUT2D eigenvalue weighted by molar-refractivity contribution is 7.99. The van der Waals surface area contributed by atoms with Crippen LogP contribution in [0, 0.1) is 5.92 Å². The Labute approximate surface area is 177 Å². The number of thiophene rings is 1. The number of fused-ring (bicyclic) bond motifs is 1. The van der Waals surface area contributed by atoms with Gasteiger partial charge in [0.15, 0.2) is 5.69 Å². The molecule has 3 aromatic rings. The van der Waals surface area contributed by atoms with Gasteiger partial charge in [-0.05, 0) is 67.4 Å². The molecule has 1 atom stereocenters. The molecule has 7 heteroatoms. The molecule has 0 saturated carbocycles. The Morgan fingerprint density at radius 1 is 1.29 bits per heavy atom. The van der Waals surface area contributed by atoms with E-state index in [1.54, 1.807) is 18.3 Å². The zero-order chi connectivity index (χ0) is 19.5. The number of aromatic nitrogens is 2. The molecule has 0 spiro atoms. The number of carbonyl (C=O) groups is 1. The monoisotopic (exact) mass is 432 g/mol. The normalized spacial score (nSPS) is 17.0. The van der Waals surface area contributed by atoms with Crippen molar-refractivity contribution in [2.75, 3.05) is 18.1 Å². The quantitative estimate of drug-likeness (QED) is 0.471. The van der Waals surface area contributed by atoms with Crippen LogP contribution in [0.5, 0.6) is 0 Å². The van der Waals surface area contributed by atoms with E-state index in [0.717, 1.165) is 38.4 Å². The first kappa shape index (κ1) is 19.7. The Morgan fingerprint density at radius 3 is 2.82 bits per heavy atom. The maximum absolute atomic E-state index is 12.4. The van der Waals surface area contributed by atoms with Crippen molar-refractivity contribution in [2.24, 2.45) is 5.92 Å². The van der Waals surface area contributed by atoms with Gasteiger partial charge in [0.1, 0.15) is 0 Å². The van der Waals surface area contributed by atoms with E-state index in [9.17, 15) is 4.79 Å². The number of hydrogen-bond acceptors (Lipinski definition) is 6. The van der Waals surface area contributed by atoms with E-state index in [2.05, 4.69) is 16.3 Å². The van der Waals surface area contributed by atoms with Crippen molar-refractivity contribution in [2.45, 2.75) is 26.2 Å². The topological polar surface area (TPSA) is 52.1 Å². The van der Waals surface area contributed by atoms with Crippen LogP contribution < -0.4 is 0 Å². The minimum Gasteiger partial charge on any atom is -0.461 e. The Bertz CT molecular complexity index is 982. The molecule has 1 fully saturated rings. The Morgan fingerprint density at radius 2 is 2.11 bits per heavy atom. The molecule has 4 nitrogen and oxygen atoms in total. The molecule has 3 heterocycles. The summed E-state index contributed by atoms with van der Waals surface area (Å²) in [5.41, 5.74) is 2.36. The van der Waals surface area contributed by atoms with Crippen molar-refractivity contribution in [1.82, 2.24) is 10.2 Å². The SMILES string of the molecule is CCOC(=O)c1nnc(CC2CCCSC2)c2cc(-c3ccc(Cl)cc3)sc12. The number of ether oxygens (including phenoxy) is 1. The second-order valence-electron chi connectivity index (χ2n) is 6.86. The van der Waals surface area contributed by atoms with E-state index in [0.29, 0.717) is 23.2 Å². The molecule has 4 rings (SSSR count). The number of benzene rings is 1. The first-order chi connectivity index (χ1) is 13.7. The fourth-order valence-electron chi connectivity index (χ4n) is 3.47. The second-order valence-corrected chi connectivity index (χ2v) is 9.50. The molecule has 1 aliphatic heterocycles. The number of halogens is 1. The van der Waals surface area contributed by atoms with E-state index >= 15 is 0 Å². The lowest BCUT2D eigenvalue weighted by Crippen LogP contribution is -2.15. The van der Waals surface area contributed by atoms with Gasteiger partial charge in [0, 0.05) is 15.3 Å². The van der Waals surface area contributed by atoms with Gasteiger partial charge in [0.05, 0.1) is 17.0 Å². The second kappa shape index (κ2) is 8.80. The summed E-state index contributed by atoms with van der Waals surface area (Å²) >= 11 is 9.61. The predicted octanol–water partition coefficient (Wildman–Crippen LogP) is 5.87. The van der Waals surface area contributed by atoms with Crippen LogP contribution in [0.4, 0.5) is 0 Å². The highest BCUT2D eigenvalue weighted by atomic mass is 35.5. The molecule has 1 aromatic carbocycles. The standard InChI is InChI=1S/C21H21ClN2O2S2/c1-2-26-21(25)19-20-16(11-18(28-20)14-5-7-15(22)8-6-14)17(23-24-19)10-13-4-3-9-27-12-13/h5-8,11,13H,2-4,9-10,12H2,1H3. The largest absolute Gasteiger partial charge is 0.461 e. The molecular weight excluding hydrogens is 412 g/mol. The molecule has 1 aliphatic rings. The van der Waals surface area contributed by atoms with Gasteiger partial charge in [-0.2, -0.15) is 16.9 Å². The van der Waals surface area contributed by atoms with E-state index in [4.69, 9.17) is 16.3 Å². The number of esters is 1. The molecule has 28 heavy (non-hydrogen) atoms. The molecule has 2 aromatic heterocycles. The van der Waals surface area contributed by atoms with Gasteiger partial charge in [-0.1, -0.05) is 23.7 Å². The lowest BCUT2D eigenvalue weighted by molar-refractivity contribution is 0.0521. The molecule has 1 saturated heterocycles. The maximum atomic E-state index is 12.4. The molecule has 0 aliphatic carbocycles. The summed E-state index contributed by atoms with van der Waals surface area (Å²) in [5.74, 6) is 2.61. The van der Waals surface area contributed by atoms with Crippen molar-refractivity contribution in [3.63, 3.8) is 0 Å². The summed E-state index contributed by atoms with van der Waals surface area (Å²) in [4.78, 5) is 13.5. The molecule has 1 unspecified atom stereocenters. The highest BCUT2D eigenvalue weighted by Gasteiger charge is 2.23. The van der Waals surface area contributed by atoms with Crippen LogP contribution >= 0.6 is 34.7 Å². The molecule has 0 N–H and O–H groups in total. The zero-order valence-electron chi connectivity index (χ0n) is 15.6. The van der Waals surface area contributed by atoms with Crippen LogP contribution in [0.15, 0.2) is 30.3 Å². The number of hydrogen-bond donors (Lipinski definition) is 0. The number of rotatable bonds is 5. The van der Waals surface area contributed by atoms with Crippen LogP contribution in [-0.4, -0.2) is 34.3 Å². The summed E-state index contributed by atoms with van der Waals surface area (Å²) in [6, 6.07) is 9.88. The van der Waals surface area contributed by atoms with E-state index in [1.165, 1.54) is 18.6 Å². The lowest BCUT2D eigenvalue weighted by atomic mass is 9.98. The predicted molar refractivity (Wildman–Crippen MR) is 118 cm³/mol. The average molecular weight is 433 g/mol. The van der Waals surface area contributed by atoms with Gasteiger partial charge in [0.2, 0.25) is 0 Å². The maximum Gasteiger partial charge on any atom is 0.360 e. The van der Waals surface area contributed by atoms with Crippen molar-refractivity contribution in [3.8, 4) is 10.4 Å². The number of nitrogens with zero attached hydrogens (tertiary/aromatic N) is 2. The van der Waals surface area contributed by atoms with Gasteiger partial charge in [-0.3, -0.25) is 0 Å². The van der Waals surface area contributed by atoms with Crippen LogP contribution in [0.25, 0.3) is 20.5 Å². The van der Waals surface area contributed by atoms with E-state index in [1.807, 2.05) is 36.0 Å². The highest BCUT2D eigenvalue weighted by Crippen LogP contribution is 2.38. The third-order valence-corrected chi connectivity index (χ3v) is 7.59. The Hall–Kier alpha value is -1.63. The van der Waals surface area contributed by atoms with Crippen LogP contribution in [0.2, 0.25) is 5.02 Å². The third-order valence-electron chi connectivity index (χ3n) is 4.86. The number of thioether (sulfide) groups is 1. The molecular formula is C21H21ClN2O2S2. The van der Waals surface area contributed by atoms with Crippen LogP contribution in [0.1, 0.15) is 35.9 Å². The molecule has 0 amide bonds. The van der Waals surface area contributed by atoms with E-state index in [-0.39, 0.29) is 0 Å². The summed E-state index contributed by atoms with van der Waals surface area (Å²) in [7, 11) is 0. The average Bonchev–Trinajstić information content (AvgIpc) is 3.15. The zero-order valence-corrected chi connectivity index (χ0v) is 18.0. The smallest absolute Gasteiger partial charge is 0.360 e. The van der Waals surface area contributed by atoms with Gasteiger partial charge in [-0.15, -0.1) is 16.4 Å². The van der Waals surface area contributed by atoms with Gasteiger partial charge < -0.3 is 4.74 Å². The molecule has 0 radical (unpaired) electrons. The van der Waals surface area contributed by atoms with Crippen molar-refractivity contribution >= 4 is 50.8 Å². The summed E-state index contributed by atoms with van der Waals surface area (Å²) in [5, 5.41) is 10.4. The minimum absolute atomic E-state index is 0.309. The van der Waals surface area contributed by atoms with Crippen molar-refractivity contribution < 1.29 is 9.53 Å².